The molecule has 0 spiro atoms. The minimum Gasteiger partial charge on any atom is -0.382 e. The summed E-state index contributed by atoms with van der Waals surface area (Å²) in [6, 6.07) is 5.66. The van der Waals surface area contributed by atoms with E-state index >= 15 is 0 Å². The van der Waals surface area contributed by atoms with Gasteiger partial charge in [-0.05, 0) is 43.9 Å². The second-order valence-corrected chi connectivity index (χ2v) is 9.59. The van der Waals surface area contributed by atoms with E-state index in [1.54, 1.807) is 35.9 Å². The minimum absolute atomic E-state index is 0.00654. The van der Waals surface area contributed by atoms with Gasteiger partial charge in [-0.15, -0.1) is 0 Å². The lowest BCUT2D eigenvalue weighted by atomic mass is 9.81. The number of ether oxygens (including phenoxy) is 1. The van der Waals surface area contributed by atoms with Crippen LogP contribution in [0.1, 0.15) is 38.2 Å². The number of amides is 4. The fourth-order valence-corrected chi connectivity index (χ4v) is 4.83. The number of piperidine rings is 1. The maximum atomic E-state index is 13.7. The second-order valence-electron chi connectivity index (χ2n) is 9.15. The van der Waals surface area contributed by atoms with Gasteiger partial charge in [0.1, 0.15) is 12.1 Å². The Kier molecular flexibility index (Phi) is 8.54. The molecule has 0 saturated carbocycles. The number of rotatable bonds is 4. The maximum absolute atomic E-state index is 13.7. The highest BCUT2D eigenvalue weighted by molar-refractivity contribution is 6.30. The zero-order chi connectivity index (χ0) is 24.9. The highest BCUT2D eigenvalue weighted by Gasteiger charge is 2.44. The maximum Gasteiger partial charge on any atom is 0.247 e. The van der Waals surface area contributed by atoms with Crippen molar-refractivity contribution in [3.63, 3.8) is 0 Å². The van der Waals surface area contributed by atoms with Gasteiger partial charge in [0.15, 0.2) is 0 Å². The number of carbonyl (C=O) groups excluding carboxylic acids is 4. The SMILES string of the molecule is COCC1NC(=O)C(C)NC(=O)CCC(=O)N2CCCC(Cc3ccc(Cl)cc3)(C2)N(C)C1=O. The molecule has 34 heavy (non-hydrogen) atoms. The lowest BCUT2D eigenvalue weighted by Gasteiger charge is -2.49. The predicted octanol–water partition coefficient (Wildman–Crippen LogP) is 1.13. The van der Waals surface area contributed by atoms with E-state index in [2.05, 4.69) is 10.6 Å². The molecule has 2 saturated heterocycles. The van der Waals surface area contributed by atoms with Crippen LogP contribution in [0.15, 0.2) is 24.3 Å². The van der Waals surface area contributed by atoms with Crippen LogP contribution in [0, 0.1) is 0 Å². The average Bonchev–Trinajstić information content (AvgIpc) is 2.82. The summed E-state index contributed by atoms with van der Waals surface area (Å²) in [6.07, 6.45) is 1.95. The first-order valence-electron chi connectivity index (χ1n) is 11.5. The number of carbonyl (C=O) groups is 4. The van der Waals surface area contributed by atoms with Gasteiger partial charge < -0.3 is 25.2 Å². The third-order valence-electron chi connectivity index (χ3n) is 6.68. The number of benzene rings is 1. The molecule has 2 aliphatic rings. The Morgan fingerprint density at radius 3 is 2.50 bits per heavy atom. The summed E-state index contributed by atoms with van der Waals surface area (Å²) in [5.41, 5.74) is 0.299. The average molecular weight is 493 g/mol. The molecular formula is C24H33ClN4O5. The third-order valence-corrected chi connectivity index (χ3v) is 6.93. The standard InChI is InChI=1S/C24H33ClN4O5/c1-16-22(32)27-19(14-34-3)23(33)28(2)24(13-17-5-7-18(25)8-6-17)11-4-12-29(15-24)21(31)10-9-20(30)26-16/h5-8,16,19H,4,9-15H2,1-3H3,(H,26,30)(H,27,32). The van der Waals surface area contributed by atoms with Crippen LogP contribution in [0.2, 0.25) is 5.02 Å². The molecule has 0 aliphatic carbocycles. The molecule has 2 fully saturated rings. The van der Waals surface area contributed by atoms with Crippen molar-refractivity contribution in [3.8, 4) is 0 Å². The Bertz CT molecular complexity index is 924. The lowest BCUT2D eigenvalue weighted by Crippen LogP contribution is -2.65. The smallest absolute Gasteiger partial charge is 0.247 e. The van der Waals surface area contributed by atoms with Gasteiger partial charge in [-0.1, -0.05) is 23.7 Å². The Balaban J connectivity index is 2.00. The number of hydrogen-bond donors (Lipinski definition) is 2. The van der Waals surface area contributed by atoms with Crippen LogP contribution in [0.4, 0.5) is 0 Å². The van der Waals surface area contributed by atoms with E-state index in [1.807, 2.05) is 12.1 Å². The summed E-state index contributed by atoms with van der Waals surface area (Å²) in [5.74, 6) is -1.32. The lowest BCUT2D eigenvalue weighted by molar-refractivity contribution is -0.148. The van der Waals surface area contributed by atoms with Gasteiger partial charge in [0.05, 0.1) is 12.1 Å². The zero-order valence-corrected chi connectivity index (χ0v) is 20.7. The molecule has 2 bridgehead atoms. The van der Waals surface area contributed by atoms with Gasteiger partial charge in [0.25, 0.3) is 0 Å². The number of likely N-dealkylation sites (N-methyl/N-ethyl adjacent to an activating group) is 1. The summed E-state index contributed by atoms with van der Waals surface area (Å²) < 4.78 is 5.23. The highest BCUT2D eigenvalue weighted by Crippen LogP contribution is 2.32. The largest absolute Gasteiger partial charge is 0.382 e. The van der Waals surface area contributed by atoms with E-state index in [1.165, 1.54) is 7.11 Å². The molecule has 2 aliphatic heterocycles. The van der Waals surface area contributed by atoms with Crippen molar-refractivity contribution in [3.05, 3.63) is 34.9 Å². The topological polar surface area (TPSA) is 108 Å². The quantitative estimate of drug-likeness (QED) is 0.655. The molecule has 1 aromatic carbocycles. The fraction of sp³-hybridized carbons (Fsp3) is 0.583. The van der Waals surface area contributed by atoms with Crippen molar-refractivity contribution in [2.24, 2.45) is 0 Å². The number of nitrogens with one attached hydrogen (secondary N) is 2. The van der Waals surface area contributed by atoms with Gasteiger partial charge in [-0.25, -0.2) is 0 Å². The molecule has 2 N–H and O–H groups in total. The summed E-state index contributed by atoms with van der Waals surface area (Å²) in [5, 5.41) is 5.94. The molecule has 0 radical (unpaired) electrons. The Morgan fingerprint density at radius 2 is 1.82 bits per heavy atom. The molecule has 2 heterocycles. The van der Waals surface area contributed by atoms with Crippen LogP contribution in [0.25, 0.3) is 0 Å². The molecule has 10 heteroatoms. The first kappa shape index (κ1) is 26.0. The number of fused-ring (bicyclic) bond motifs is 2. The number of hydrogen-bond acceptors (Lipinski definition) is 5. The first-order valence-corrected chi connectivity index (χ1v) is 11.9. The molecular weight excluding hydrogens is 460 g/mol. The van der Waals surface area contributed by atoms with Crippen molar-refractivity contribution in [2.75, 3.05) is 33.9 Å². The van der Waals surface area contributed by atoms with E-state index in [4.69, 9.17) is 16.3 Å². The monoisotopic (exact) mass is 492 g/mol. The summed E-state index contributed by atoms with van der Waals surface area (Å²) in [6.45, 7) is 2.43. The summed E-state index contributed by atoms with van der Waals surface area (Å²) in [4.78, 5) is 55.1. The van der Waals surface area contributed by atoms with Gasteiger partial charge in [0, 0.05) is 45.1 Å². The van der Waals surface area contributed by atoms with E-state index in [9.17, 15) is 19.2 Å². The van der Waals surface area contributed by atoms with E-state index < -0.39 is 23.5 Å². The van der Waals surface area contributed by atoms with E-state index in [-0.39, 0.29) is 37.2 Å². The van der Waals surface area contributed by atoms with Crippen LogP contribution in [0.5, 0.6) is 0 Å². The first-order chi connectivity index (χ1) is 16.1. The van der Waals surface area contributed by atoms with Crippen LogP contribution in [-0.4, -0.2) is 84.9 Å². The number of halogens is 1. The Morgan fingerprint density at radius 1 is 1.12 bits per heavy atom. The van der Waals surface area contributed by atoms with Crippen LogP contribution in [0.3, 0.4) is 0 Å². The molecule has 3 unspecified atom stereocenters. The third kappa shape index (κ3) is 6.07. The van der Waals surface area contributed by atoms with Crippen LogP contribution in [-0.2, 0) is 30.3 Å². The Hall–Kier alpha value is -2.65. The molecule has 186 valence electrons. The van der Waals surface area contributed by atoms with Crippen molar-refractivity contribution in [1.29, 1.82) is 0 Å². The molecule has 0 aromatic heterocycles. The van der Waals surface area contributed by atoms with Crippen LogP contribution < -0.4 is 10.6 Å². The van der Waals surface area contributed by atoms with Crippen LogP contribution >= 0.6 is 11.6 Å². The van der Waals surface area contributed by atoms with Crippen molar-refractivity contribution >= 4 is 35.2 Å². The van der Waals surface area contributed by atoms with Crippen molar-refractivity contribution in [2.45, 2.75) is 56.7 Å². The van der Waals surface area contributed by atoms with E-state index in [0.29, 0.717) is 37.4 Å². The van der Waals surface area contributed by atoms with Crippen molar-refractivity contribution in [1.82, 2.24) is 20.4 Å². The second kappa shape index (κ2) is 11.2. The number of methoxy groups -OCH3 is 1. The highest BCUT2D eigenvalue weighted by atomic mass is 35.5. The summed E-state index contributed by atoms with van der Waals surface area (Å²) in [7, 11) is 3.18. The van der Waals surface area contributed by atoms with Gasteiger partial charge in [-0.2, -0.15) is 0 Å². The fourth-order valence-electron chi connectivity index (χ4n) is 4.71. The summed E-state index contributed by atoms with van der Waals surface area (Å²) >= 11 is 6.07. The van der Waals surface area contributed by atoms with Gasteiger partial charge >= 0.3 is 0 Å². The van der Waals surface area contributed by atoms with Crippen molar-refractivity contribution < 1.29 is 23.9 Å². The predicted molar refractivity (Wildman–Crippen MR) is 127 cm³/mol. The Labute approximate surface area is 205 Å². The molecule has 3 rings (SSSR count). The van der Waals surface area contributed by atoms with Gasteiger partial charge in [-0.3, -0.25) is 19.2 Å². The zero-order valence-electron chi connectivity index (χ0n) is 19.9. The molecule has 4 amide bonds. The molecule has 9 nitrogen and oxygen atoms in total. The van der Waals surface area contributed by atoms with E-state index in [0.717, 1.165) is 5.56 Å². The normalized spacial score (nSPS) is 27.2. The molecule has 1 aromatic rings. The molecule has 3 atom stereocenters. The minimum atomic E-state index is -0.932. The van der Waals surface area contributed by atoms with Gasteiger partial charge in [0.2, 0.25) is 23.6 Å². The number of nitrogens with zero attached hydrogens (tertiary/aromatic N) is 2.